The van der Waals surface area contributed by atoms with Crippen molar-refractivity contribution < 1.29 is 9.59 Å². The van der Waals surface area contributed by atoms with Crippen LogP contribution in [0.25, 0.3) is 11.1 Å². The van der Waals surface area contributed by atoms with Crippen LogP contribution in [-0.4, -0.2) is 16.7 Å². The van der Waals surface area contributed by atoms with E-state index in [4.69, 9.17) is 5.73 Å². The second kappa shape index (κ2) is 4.79. The lowest BCUT2D eigenvalue weighted by atomic mass is 10.0. The summed E-state index contributed by atoms with van der Waals surface area (Å²) in [6, 6.07) is 8.63. The van der Waals surface area contributed by atoms with Crippen LogP contribution in [0.3, 0.4) is 0 Å². The molecule has 1 aromatic heterocycles. The summed E-state index contributed by atoms with van der Waals surface area (Å²) in [4.78, 5) is 26.3. The largest absolute Gasteiger partial charge is 0.366 e. The molecule has 0 saturated carbocycles. The highest BCUT2D eigenvalue weighted by Crippen LogP contribution is 2.20. The van der Waals surface area contributed by atoms with Gasteiger partial charge in [-0.25, -0.2) is 0 Å². The molecule has 90 valence electrons. The van der Waals surface area contributed by atoms with Crippen molar-refractivity contribution in [1.29, 1.82) is 0 Å². The molecule has 0 fully saturated rings. The molecule has 18 heavy (non-hydrogen) atoms. The first kappa shape index (κ1) is 12.0. The molecule has 1 heterocycles. The summed E-state index contributed by atoms with van der Waals surface area (Å²) in [6.45, 7) is 1.50. The van der Waals surface area contributed by atoms with E-state index >= 15 is 0 Å². The average molecular weight is 240 g/mol. The molecule has 0 saturated heterocycles. The van der Waals surface area contributed by atoms with Gasteiger partial charge in [0.1, 0.15) is 0 Å². The maximum Gasteiger partial charge on any atom is 0.248 e. The van der Waals surface area contributed by atoms with E-state index in [2.05, 4.69) is 4.98 Å². The normalized spacial score (nSPS) is 10.1. The van der Waals surface area contributed by atoms with Gasteiger partial charge in [-0.15, -0.1) is 0 Å². The van der Waals surface area contributed by atoms with Crippen LogP contribution in [0.4, 0.5) is 0 Å². The lowest BCUT2D eigenvalue weighted by molar-refractivity contribution is 0.0996. The molecule has 0 atom stereocenters. The summed E-state index contributed by atoms with van der Waals surface area (Å²) < 4.78 is 0. The number of hydrogen-bond acceptors (Lipinski definition) is 3. The van der Waals surface area contributed by atoms with Crippen molar-refractivity contribution in [3.05, 3.63) is 53.9 Å². The van der Waals surface area contributed by atoms with Crippen molar-refractivity contribution >= 4 is 11.7 Å². The first-order valence-electron chi connectivity index (χ1n) is 5.44. The van der Waals surface area contributed by atoms with Crippen LogP contribution in [0.15, 0.2) is 42.7 Å². The van der Waals surface area contributed by atoms with Crippen LogP contribution in [0.2, 0.25) is 0 Å². The summed E-state index contributed by atoms with van der Waals surface area (Å²) in [5.41, 5.74) is 7.90. The summed E-state index contributed by atoms with van der Waals surface area (Å²) in [5, 5.41) is 0. The molecule has 4 nitrogen and oxygen atoms in total. The number of amides is 1. The lowest BCUT2D eigenvalue weighted by Gasteiger charge is -2.03. The number of primary amides is 1. The summed E-state index contributed by atoms with van der Waals surface area (Å²) >= 11 is 0. The standard InChI is InChI=1S/C14H12N2O2/c1-9(17)12-6-13(8-16-7-12)10-2-4-11(5-3-10)14(15)18/h2-8H,1H3,(H2,15,18). The van der Waals surface area contributed by atoms with Gasteiger partial charge in [0.05, 0.1) is 0 Å². The van der Waals surface area contributed by atoms with Gasteiger partial charge in [0.15, 0.2) is 5.78 Å². The second-order valence-corrected chi connectivity index (χ2v) is 3.96. The number of benzene rings is 1. The van der Waals surface area contributed by atoms with Crippen LogP contribution in [0.5, 0.6) is 0 Å². The predicted octanol–water partition coefficient (Wildman–Crippen LogP) is 2.05. The Labute approximate surface area is 104 Å². The fraction of sp³-hybridized carbons (Fsp3) is 0.0714. The first-order chi connectivity index (χ1) is 8.58. The molecule has 4 heteroatoms. The average Bonchev–Trinajstić information content (AvgIpc) is 2.39. The lowest BCUT2D eigenvalue weighted by Crippen LogP contribution is -2.10. The SMILES string of the molecule is CC(=O)c1cncc(-c2ccc(C(N)=O)cc2)c1. The Bertz CT molecular complexity index is 603. The number of rotatable bonds is 3. The molecule has 1 aromatic carbocycles. The third kappa shape index (κ3) is 2.43. The zero-order chi connectivity index (χ0) is 13.1. The number of ketones is 1. The van der Waals surface area contributed by atoms with Gasteiger partial charge < -0.3 is 5.73 Å². The van der Waals surface area contributed by atoms with E-state index in [0.29, 0.717) is 11.1 Å². The minimum Gasteiger partial charge on any atom is -0.366 e. The first-order valence-corrected chi connectivity index (χ1v) is 5.44. The highest BCUT2D eigenvalue weighted by molar-refractivity contribution is 5.95. The van der Waals surface area contributed by atoms with Crippen LogP contribution in [0.1, 0.15) is 27.6 Å². The van der Waals surface area contributed by atoms with Crippen molar-refractivity contribution in [2.45, 2.75) is 6.92 Å². The number of nitrogens with zero attached hydrogens (tertiary/aromatic N) is 1. The van der Waals surface area contributed by atoms with E-state index < -0.39 is 5.91 Å². The van der Waals surface area contributed by atoms with E-state index in [1.165, 1.54) is 13.1 Å². The van der Waals surface area contributed by atoms with Gasteiger partial charge in [0.2, 0.25) is 5.91 Å². The molecule has 2 aromatic rings. The Morgan fingerprint density at radius 3 is 2.22 bits per heavy atom. The molecule has 0 aliphatic heterocycles. The number of hydrogen-bond donors (Lipinski definition) is 1. The molecule has 0 bridgehead atoms. The Hall–Kier alpha value is -2.49. The summed E-state index contributed by atoms with van der Waals surface area (Å²) in [6.07, 6.45) is 3.20. The zero-order valence-electron chi connectivity index (χ0n) is 9.88. The fourth-order valence-corrected chi connectivity index (χ4v) is 1.62. The maximum atomic E-state index is 11.3. The van der Waals surface area contributed by atoms with Gasteiger partial charge in [0.25, 0.3) is 0 Å². The van der Waals surface area contributed by atoms with Crippen LogP contribution < -0.4 is 5.73 Å². The van der Waals surface area contributed by atoms with Crippen LogP contribution in [-0.2, 0) is 0 Å². The molecular formula is C14H12N2O2. The number of pyridine rings is 1. The molecule has 0 unspecified atom stereocenters. The molecule has 0 aliphatic rings. The molecule has 2 rings (SSSR count). The number of carbonyl (C=O) groups excluding carboxylic acids is 2. The second-order valence-electron chi connectivity index (χ2n) is 3.96. The number of carbonyl (C=O) groups is 2. The van der Waals surface area contributed by atoms with Crippen LogP contribution in [0, 0.1) is 0 Å². The zero-order valence-corrected chi connectivity index (χ0v) is 9.88. The minimum atomic E-state index is -0.461. The molecule has 2 N–H and O–H groups in total. The molecule has 0 aliphatic carbocycles. The molecule has 0 spiro atoms. The Balaban J connectivity index is 2.39. The van der Waals surface area contributed by atoms with Gasteiger partial charge in [-0.2, -0.15) is 0 Å². The third-order valence-corrected chi connectivity index (χ3v) is 2.65. The fourth-order valence-electron chi connectivity index (χ4n) is 1.62. The predicted molar refractivity (Wildman–Crippen MR) is 68.2 cm³/mol. The molecule has 0 radical (unpaired) electrons. The topological polar surface area (TPSA) is 73.1 Å². The summed E-state index contributed by atoms with van der Waals surface area (Å²) in [7, 11) is 0. The monoisotopic (exact) mass is 240 g/mol. The molecule has 1 amide bonds. The Kier molecular flexibility index (Phi) is 3.19. The van der Waals surface area contributed by atoms with Crippen molar-refractivity contribution in [3.63, 3.8) is 0 Å². The van der Waals surface area contributed by atoms with Gasteiger partial charge in [-0.05, 0) is 30.7 Å². The molecular weight excluding hydrogens is 228 g/mol. The van der Waals surface area contributed by atoms with E-state index in [-0.39, 0.29) is 5.78 Å². The Morgan fingerprint density at radius 2 is 1.67 bits per heavy atom. The van der Waals surface area contributed by atoms with E-state index in [0.717, 1.165) is 11.1 Å². The number of Topliss-reactive ketones (excluding diaryl/α,β-unsaturated/α-hetero) is 1. The number of nitrogens with two attached hydrogens (primary N) is 1. The minimum absolute atomic E-state index is 0.0295. The van der Waals surface area contributed by atoms with E-state index in [1.807, 2.05) is 0 Å². The van der Waals surface area contributed by atoms with Crippen LogP contribution >= 0.6 is 0 Å². The Morgan fingerprint density at radius 1 is 1.00 bits per heavy atom. The highest BCUT2D eigenvalue weighted by Gasteiger charge is 2.05. The van der Waals surface area contributed by atoms with Gasteiger partial charge >= 0.3 is 0 Å². The maximum absolute atomic E-state index is 11.3. The van der Waals surface area contributed by atoms with Crippen molar-refractivity contribution in [1.82, 2.24) is 4.98 Å². The van der Waals surface area contributed by atoms with Crippen molar-refractivity contribution in [2.75, 3.05) is 0 Å². The van der Waals surface area contributed by atoms with Gasteiger partial charge in [0, 0.05) is 29.1 Å². The summed E-state index contributed by atoms with van der Waals surface area (Å²) in [5.74, 6) is -0.490. The van der Waals surface area contributed by atoms with Gasteiger partial charge in [-0.1, -0.05) is 12.1 Å². The van der Waals surface area contributed by atoms with Gasteiger partial charge in [-0.3, -0.25) is 14.6 Å². The van der Waals surface area contributed by atoms with E-state index in [1.54, 1.807) is 36.5 Å². The third-order valence-electron chi connectivity index (χ3n) is 2.65. The van der Waals surface area contributed by atoms with Crippen molar-refractivity contribution in [3.8, 4) is 11.1 Å². The smallest absolute Gasteiger partial charge is 0.248 e. The quantitative estimate of drug-likeness (QED) is 0.834. The van der Waals surface area contributed by atoms with E-state index in [9.17, 15) is 9.59 Å². The highest BCUT2D eigenvalue weighted by atomic mass is 16.1. The number of aromatic nitrogens is 1. The van der Waals surface area contributed by atoms with Crippen molar-refractivity contribution in [2.24, 2.45) is 5.73 Å².